The molecule has 1 aliphatic rings. The first kappa shape index (κ1) is 16.3. The Morgan fingerprint density at radius 2 is 2.10 bits per heavy atom. The van der Waals surface area contributed by atoms with Gasteiger partial charge in [0.1, 0.15) is 0 Å². The first-order valence-electron chi connectivity index (χ1n) is 8.45. The van der Waals surface area contributed by atoms with E-state index in [1.54, 1.807) is 0 Å². The smallest absolute Gasteiger partial charge is 0.0343 e. The molecule has 2 rings (SSSR count). The molecule has 0 amide bonds. The summed E-state index contributed by atoms with van der Waals surface area (Å²) in [6.45, 7) is 11.3. The van der Waals surface area contributed by atoms with Crippen LogP contribution in [-0.4, -0.2) is 49.6 Å². The summed E-state index contributed by atoms with van der Waals surface area (Å²) in [5.74, 6) is 0.787. The largest absolute Gasteiger partial charge is 0.385 e. The minimum absolute atomic E-state index is 0.787. The van der Waals surface area contributed by atoms with E-state index in [0.717, 1.165) is 32.1 Å². The van der Waals surface area contributed by atoms with E-state index in [1.807, 2.05) is 0 Å². The fourth-order valence-corrected chi connectivity index (χ4v) is 3.19. The van der Waals surface area contributed by atoms with Gasteiger partial charge >= 0.3 is 0 Å². The Morgan fingerprint density at radius 1 is 1.29 bits per heavy atom. The number of benzene rings is 1. The Hall–Kier alpha value is -1.06. The Balaban J connectivity index is 1.85. The zero-order chi connectivity index (χ0) is 15.1. The molecule has 1 saturated heterocycles. The third kappa shape index (κ3) is 5.33. The van der Waals surface area contributed by atoms with Crippen LogP contribution in [0.15, 0.2) is 24.3 Å². The van der Waals surface area contributed by atoms with E-state index < -0.39 is 0 Å². The lowest BCUT2D eigenvalue weighted by Gasteiger charge is -2.30. The Morgan fingerprint density at radius 3 is 2.81 bits per heavy atom. The highest BCUT2D eigenvalue weighted by Gasteiger charge is 2.16. The van der Waals surface area contributed by atoms with Crippen molar-refractivity contribution in [1.29, 1.82) is 0 Å². The minimum atomic E-state index is 0.787. The van der Waals surface area contributed by atoms with Gasteiger partial charge in [0, 0.05) is 25.3 Å². The predicted octanol–water partition coefficient (Wildman–Crippen LogP) is 3.28. The second-order valence-corrected chi connectivity index (χ2v) is 6.31. The Labute approximate surface area is 130 Å². The summed E-state index contributed by atoms with van der Waals surface area (Å²) in [4.78, 5) is 4.90. The van der Waals surface area contributed by atoms with E-state index in [-0.39, 0.29) is 0 Å². The molecule has 0 aliphatic carbocycles. The van der Waals surface area contributed by atoms with Crippen molar-refractivity contribution in [2.75, 3.05) is 45.1 Å². The van der Waals surface area contributed by atoms with E-state index in [9.17, 15) is 0 Å². The van der Waals surface area contributed by atoms with Crippen LogP contribution in [0.5, 0.6) is 0 Å². The molecule has 3 nitrogen and oxygen atoms in total. The van der Waals surface area contributed by atoms with Crippen LogP contribution in [0, 0.1) is 5.92 Å². The molecule has 1 atom stereocenters. The average Bonchev–Trinajstić information content (AvgIpc) is 2.51. The molecule has 0 bridgehead atoms. The number of hydrogen-bond donors (Lipinski definition) is 1. The van der Waals surface area contributed by atoms with Gasteiger partial charge in [0.25, 0.3) is 0 Å². The van der Waals surface area contributed by atoms with E-state index >= 15 is 0 Å². The van der Waals surface area contributed by atoms with Crippen LogP contribution in [-0.2, 0) is 6.54 Å². The summed E-state index contributed by atoms with van der Waals surface area (Å²) in [6.07, 6.45) is 2.70. The van der Waals surface area contributed by atoms with Gasteiger partial charge in [-0.3, -0.25) is 4.90 Å². The first-order chi connectivity index (χ1) is 10.2. The highest BCUT2D eigenvalue weighted by molar-refractivity contribution is 5.45. The van der Waals surface area contributed by atoms with Crippen molar-refractivity contribution in [3.63, 3.8) is 0 Å². The molecule has 0 spiro atoms. The maximum Gasteiger partial charge on any atom is 0.0343 e. The number of rotatable bonds is 7. The van der Waals surface area contributed by atoms with Crippen molar-refractivity contribution < 1.29 is 0 Å². The molecule has 3 heteroatoms. The van der Waals surface area contributed by atoms with Gasteiger partial charge in [-0.1, -0.05) is 26.0 Å². The molecule has 1 heterocycles. The summed E-state index contributed by atoms with van der Waals surface area (Å²) in [6, 6.07) is 8.91. The van der Waals surface area contributed by atoms with Crippen LogP contribution >= 0.6 is 0 Å². The molecule has 118 valence electrons. The molecule has 1 aliphatic heterocycles. The van der Waals surface area contributed by atoms with Crippen molar-refractivity contribution in [3.05, 3.63) is 29.8 Å². The van der Waals surface area contributed by atoms with Crippen LogP contribution in [0.1, 0.15) is 32.3 Å². The van der Waals surface area contributed by atoms with E-state index in [4.69, 9.17) is 0 Å². The van der Waals surface area contributed by atoms with Crippen LogP contribution in [0.3, 0.4) is 0 Å². The number of hydrogen-bond acceptors (Lipinski definition) is 3. The standard InChI is InChI=1S/C18H31N3/c1-4-21(5-2)15-16-8-6-10-18(12-16)19-13-17-9-7-11-20(3)14-17/h6,8,10,12,17,19H,4-5,7,9,11,13-15H2,1-3H3. The fraction of sp³-hybridized carbons (Fsp3) is 0.667. The quantitative estimate of drug-likeness (QED) is 0.831. The van der Waals surface area contributed by atoms with Gasteiger partial charge in [-0.05, 0) is 63.1 Å². The summed E-state index contributed by atoms with van der Waals surface area (Å²) >= 11 is 0. The van der Waals surface area contributed by atoms with Crippen LogP contribution < -0.4 is 5.32 Å². The van der Waals surface area contributed by atoms with E-state index in [0.29, 0.717) is 0 Å². The molecule has 0 saturated carbocycles. The molecule has 0 aromatic heterocycles. The van der Waals surface area contributed by atoms with E-state index in [2.05, 4.69) is 60.3 Å². The van der Waals surface area contributed by atoms with Crippen LogP contribution in [0.25, 0.3) is 0 Å². The molecule has 1 N–H and O–H groups in total. The normalized spacial score (nSPS) is 19.9. The zero-order valence-corrected chi connectivity index (χ0v) is 13.9. The first-order valence-corrected chi connectivity index (χ1v) is 8.45. The van der Waals surface area contributed by atoms with E-state index in [1.165, 1.54) is 37.2 Å². The van der Waals surface area contributed by atoms with Gasteiger partial charge in [0.15, 0.2) is 0 Å². The SMILES string of the molecule is CCN(CC)Cc1cccc(NCC2CCCN(C)C2)c1. The van der Waals surface area contributed by atoms with Gasteiger partial charge in [-0.2, -0.15) is 0 Å². The molecule has 1 unspecified atom stereocenters. The van der Waals surface area contributed by atoms with Crippen molar-refractivity contribution in [1.82, 2.24) is 9.80 Å². The lowest BCUT2D eigenvalue weighted by Crippen LogP contribution is -2.35. The maximum atomic E-state index is 3.64. The molecular weight excluding hydrogens is 258 g/mol. The third-order valence-electron chi connectivity index (χ3n) is 4.54. The average molecular weight is 289 g/mol. The van der Waals surface area contributed by atoms with Gasteiger partial charge < -0.3 is 10.2 Å². The number of piperidine rings is 1. The molecular formula is C18H31N3. The molecule has 21 heavy (non-hydrogen) atoms. The highest BCUT2D eigenvalue weighted by atomic mass is 15.1. The van der Waals surface area contributed by atoms with Gasteiger partial charge in [0.05, 0.1) is 0 Å². The summed E-state index contributed by atoms with van der Waals surface area (Å²) < 4.78 is 0. The lowest BCUT2D eigenvalue weighted by molar-refractivity contribution is 0.217. The second kappa shape index (κ2) is 8.40. The number of nitrogens with one attached hydrogen (secondary N) is 1. The van der Waals surface area contributed by atoms with Gasteiger partial charge in [-0.15, -0.1) is 0 Å². The number of anilines is 1. The summed E-state index contributed by atoms with van der Waals surface area (Å²) in [7, 11) is 2.23. The van der Waals surface area contributed by atoms with Gasteiger partial charge in [-0.25, -0.2) is 0 Å². The Bertz CT molecular complexity index is 415. The molecule has 1 fully saturated rings. The lowest BCUT2D eigenvalue weighted by atomic mass is 9.98. The summed E-state index contributed by atoms with van der Waals surface area (Å²) in [5.41, 5.74) is 2.68. The van der Waals surface area contributed by atoms with Crippen molar-refractivity contribution in [2.24, 2.45) is 5.92 Å². The molecule has 1 aromatic rings. The highest BCUT2D eigenvalue weighted by Crippen LogP contribution is 2.17. The van der Waals surface area contributed by atoms with Gasteiger partial charge in [0.2, 0.25) is 0 Å². The second-order valence-electron chi connectivity index (χ2n) is 6.31. The Kier molecular flexibility index (Phi) is 6.52. The molecule has 1 aromatic carbocycles. The van der Waals surface area contributed by atoms with Crippen molar-refractivity contribution >= 4 is 5.69 Å². The molecule has 0 radical (unpaired) electrons. The fourth-order valence-electron chi connectivity index (χ4n) is 3.19. The summed E-state index contributed by atoms with van der Waals surface area (Å²) in [5, 5.41) is 3.64. The maximum absolute atomic E-state index is 3.64. The topological polar surface area (TPSA) is 18.5 Å². The van der Waals surface area contributed by atoms with Crippen molar-refractivity contribution in [2.45, 2.75) is 33.2 Å². The zero-order valence-electron chi connectivity index (χ0n) is 13.9. The number of nitrogens with zero attached hydrogens (tertiary/aromatic N) is 2. The number of likely N-dealkylation sites (tertiary alicyclic amines) is 1. The van der Waals surface area contributed by atoms with Crippen molar-refractivity contribution in [3.8, 4) is 0 Å². The third-order valence-corrected chi connectivity index (χ3v) is 4.54. The van der Waals surface area contributed by atoms with Crippen LogP contribution in [0.2, 0.25) is 0 Å². The predicted molar refractivity (Wildman–Crippen MR) is 91.8 cm³/mol. The van der Waals surface area contributed by atoms with Crippen LogP contribution in [0.4, 0.5) is 5.69 Å². The monoisotopic (exact) mass is 289 g/mol. The minimum Gasteiger partial charge on any atom is -0.385 e.